The molecule has 2 rings (SSSR count). The van der Waals surface area contributed by atoms with Crippen LogP contribution in [0.15, 0.2) is 42.4 Å². The highest BCUT2D eigenvalue weighted by Crippen LogP contribution is 2.24. The van der Waals surface area contributed by atoms with Crippen LogP contribution in [0.25, 0.3) is 0 Å². The number of aliphatic hydroxyl groups is 1. The normalized spacial score (nSPS) is 16.2. The third kappa shape index (κ3) is 2.76. The van der Waals surface area contributed by atoms with Gasteiger partial charge >= 0.3 is 0 Å². The van der Waals surface area contributed by atoms with Gasteiger partial charge in [0.25, 0.3) is 0 Å². The van der Waals surface area contributed by atoms with E-state index in [1.807, 2.05) is 18.2 Å². The van der Waals surface area contributed by atoms with E-state index in [0.717, 1.165) is 12.2 Å². The van der Waals surface area contributed by atoms with Gasteiger partial charge in [0.05, 0.1) is 0 Å². The molecule has 3 heteroatoms. The Morgan fingerprint density at radius 2 is 2.06 bits per heavy atom. The number of ether oxygens (including phenoxy) is 2. The number of allylic oxidation sites excluding steroid dienone is 1. The molecular weight excluding hydrogens is 204 g/mol. The van der Waals surface area contributed by atoms with Crippen LogP contribution in [-0.4, -0.2) is 18.5 Å². The zero-order valence-electron chi connectivity index (χ0n) is 9.13. The summed E-state index contributed by atoms with van der Waals surface area (Å²) < 4.78 is 10.4. The summed E-state index contributed by atoms with van der Waals surface area (Å²) in [6.07, 6.45) is 3.23. The van der Waals surface area contributed by atoms with Crippen molar-refractivity contribution < 1.29 is 14.6 Å². The number of rotatable bonds is 5. The van der Waals surface area contributed by atoms with E-state index in [-0.39, 0.29) is 12.5 Å². The van der Waals surface area contributed by atoms with Gasteiger partial charge in [-0.1, -0.05) is 30.3 Å². The number of benzene rings is 1. The van der Waals surface area contributed by atoms with E-state index in [1.54, 1.807) is 6.26 Å². The van der Waals surface area contributed by atoms with Gasteiger partial charge in [-0.2, -0.15) is 0 Å². The van der Waals surface area contributed by atoms with Crippen molar-refractivity contribution in [1.82, 2.24) is 0 Å². The van der Waals surface area contributed by atoms with Gasteiger partial charge in [-0.3, -0.25) is 0 Å². The molecule has 0 bridgehead atoms. The third-order valence-corrected chi connectivity index (χ3v) is 2.70. The Labute approximate surface area is 95.3 Å². The van der Waals surface area contributed by atoms with Crippen LogP contribution in [0.4, 0.5) is 0 Å². The highest BCUT2D eigenvalue weighted by atomic mass is 16.7. The summed E-state index contributed by atoms with van der Waals surface area (Å²) in [6.45, 7) is 0.463. The van der Waals surface area contributed by atoms with Crippen molar-refractivity contribution in [3.63, 3.8) is 0 Å². The monoisotopic (exact) mass is 220 g/mol. The lowest BCUT2D eigenvalue weighted by atomic mass is 9.95. The van der Waals surface area contributed by atoms with Crippen LogP contribution in [0.5, 0.6) is 0 Å². The molecule has 1 atom stereocenters. The van der Waals surface area contributed by atoms with E-state index in [1.165, 1.54) is 5.56 Å². The fourth-order valence-corrected chi connectivity index (χ4v) is 1.87. The minimum Gasteiger partial charge on any atom is -0.462 e. The topological polar surface area (TPSA) is 38.7 Å². The van der Waals surface area contributed by atoms with E-state index in [4.69, 9.17) is 14.6 Å². The molecule has 0 amide bonds. The summed E-state index contributed by atoms with van der Waals surface area (Å²) in [6, 6.07) is 10.2. The lowest BCUT2D eigenvalue weighted by Crippen LogP contribution is -2.10. The quantitative estimate of drug-likeness (QED) is 0.825. The SMILES string of the molecule is OCCC(Cc1ccccc1)C1=COCO1. The molecular formula is C13H16O3. The Kier molecular flexibility index (Phi) is 3.83. The second-order valence-electron chi connectivity index (χ2n) is 3.85. The predicted octanol–water partition coefficient (Wildman–Crippen LogP) is 2.07. The summed E-state index contributed by atoms with van der Waals surface area (Å²) in [7, 11) is 0. The van der Waals surface area contributed by atoms with Gasteiger partial charge in [0.1, 0.15) is 12.0 Å². The van der Waals surface area contributed by atoms with E-state index in [0.29, 0.717) is 13.2 Å². The molecule has 86 valence electrons. The molecule has 1 aromatic rings. The first-order chi connectivity index (χ1) is 7.90. The standard InChI is InChI=1S/C13H16O3/c14-7-6-12(13-9-15-10-16-13)8-11-4-2-1-3-5-11/h1-5,9,12,14H,6-8,10H2. The number of hydrogen-bond acceptors (Lipinski definition) is 3. The van der Waals surface area contributed by atoms with Crippen LogP contribution < -0.4 is 0 Å². The summed E-state index contributed by atoms with van der Waals surface area (Å²) in [4.78, 5) is 0. The fourth-order valence-electron chi connectivity index (χ4n) is 1.87. The molecule has 3 nitrogen and oxygen atoms in total. The molecule has 1 unspecified atom stereocenters. The van der Waals surface area contributed by atoms with Crippen molar-refractivity contribution in [3.05, 3.63) is 47.9 Å². The Morgan fingerprint density at radius 1 is 1.25 bits per heavy atom. The predicted molar refractivity (Wildman–Crippen MR) is 60.5 cm³/mol. The first-order valence-corrected chi connectivity index (χ1v) is 5.49. The molecule has 0 spiro atoms. The maximum atomic E-state index is 9.05. The molecule has 1 heterocycles. The van der Waals surface area contributed by atoms with Crippen LogP contribution in [0.1, 0.15) is 12.0 Å². The zero-order valence-corrected chi connectivity index (χ0v) is 9.13. The summed E-state index contributed by atoms with van der Waals surface area (Å²) in [5, 5.41) is 9.05. The molecule has 16 heavy (non-hydrogen) atoms. The average molecular weight is 220 g/mol. The highest BCUT2D eigenvalue weighted by molar-refractivity contribution is 5.17. The molecule has 1 aromatic carbocycles. The maximum absolute atomic E-state index is 9.05. The van der Waals surface area contributed by atoms with E-state index >= 15 is 0 Å². The Hall–Kier alpha value is -1.48. The van der Waals surface area contributed by atoms with E-state index in [9.17, 15) is 0 Å². The molecule has 1 N–H and O–H groups in total. The van der Waals surface area contributed by atoms with Gasteiger partial charge in [-0.15, -0.1) is 0 Å². The van der Waals surface area contributed by atoms with Crippen LogP contribution >= 0.6 is 0 Å². The molecule has 0 radical (unpaired) electrons. The molecule has 0 saturated carbocycles. The van der Waals surface area contributed by atoms with Crippen molar-refractivity contribution in [2.45, 2.75) is 12.8 Å². The van der Waals surface area contributed by atoms with Gasteiger partial charge in [-0.25, -0.2) is 0 Å². The Bertz CT molecular complexity index is 345. The fraction of sp³-hybridized carbons (Fsp3) is 0.385. The molecule has 1 aliphatic rings. The number of hydrogen-bond donors (Lipinski definition) is 1. The third-order valence-electron chi connectivity index (χ3n) is 2.70. The minimum atomic E-state index is 0.165. The van der Waals surface area contributed by atoms with Crippen molar-refractivity contribution in [3.8, 4) is 0 Å². The molecule has 0 saturated heterocycles. The Balaban J connectivity index is 2.02. The second kappa shape index (κ2) is 5.56. The van der Waals surface area contributed by atoms with Crippen molar-refractivity contribution >= 4 is 0 Å². The Morgan fingerprint density at radius 3 is 2.69 bits per heavy atom. The van der Waals surface area contributed by atoms with E-state index < -0.39 is 0 Å². The molecule has 0 fully saturated rings. The zero-order chi connectivity index (χ0) is 11.2. The first kappa shape index (κ1) is 11.0. The van der Waals surface area contributed by atoms with Crippen LogP contribution in [0.3, 0.4) is 0 Å². The molecule has 1 aliphatic heterocycles. The summed E-state index contributed by atoms with van der Waals surface area (Å²) in [5.41, 5.74) is 1.25. The van der Waals surface area contributed by atoms with Gasteiger partial charge in [-0.05, 0) is 18.4 Å². The summed E-state index contributed by atoms with van der Waals surface area (Å²) >= 11 is 0. The average Bonchev–Trinajstić information content (AvgIpc) is 2.83. The van der Waals surface area contributed by atoms with Gasteiger partial charge in [0.2, 0.25) is 6.79 Å². The number of aliphatic hydroxyl groups excluding tert-OH is 1. The molecule has 0 aromatic heterocycles. The van der Waals surface area contributed by atoms with Crippen molar-refractivity contribution in [1.29, 1.82) is 0 Å². The molecule has 0 aliphatic carbocycles. The maximum Gasteiger partial charge on any atom is 0.229 e. The first-order valence-electron chi connectivity index (χ1n) is 5.49. The van der Waals surface area contributed by atoms with Gasteiger partial charge in [0, 0.05) is 12.5 Å². The lowest BCUT2D eigenvalue weighted by molar-refractivity contribution is 0.0678. The van der Waals surface area contributed by atoms with Crippen LogP contribution in [-0.2, 0) is 15.9 Å². The lowest BCUT2D eigenvalue weighted by Gasteiger charge is -2.15. The summed E-state index contributed by atoms with van der Waals surface area (Å²) in [5.74, 6) is 1.05. The van der Waals surface area contributed by atoms with Crippen LogP contribution in [0.2, 0.25) is 0 Å². The largest absolute Gasteiger partial charge is 0.462 e. The minimum absolute atomic E-state index is 0.165. The van der Waals surface area contributed by atoms with Gasteiger partial charge in [0.15, 0.2) is 0 Å². The van der Waals surface area contributed by atoms with Crippen LogP contribution in [0, 0.1) is 5.92 Å². The van der Waals surface area contributed by atoms with E-state index in [2.05, 4.69) is 12.1 Å². The van der Waals surface area contributed by atoms with Crippen molar-refractivity contribution in [2.75, 3.05) is 13.4 Å². The highest BCUT2D eigenvalue weighted by Gasteiger charge is 2.19. The van der Waals surface area contributed by atoms with Crippen molar-refractivity contribution in [2.24, 2.45) is 5.92 Å². The smallest absolute Gasteiger partial charge is 0.229 e. The second-order valence-corrected chi connectivity index (χ2v) is 3.85. The van der Waals surface area contributed by atoms with Gasteiger partial charge < -0.3 is 14.6 Å².